The molecule has 0 N–H and O–H groups in total. The molecule has 1 saturated heterocycles. The van der Waals surface area contributed by atoms with Crippen LogP contribution in [0.25, 0.3) is 10.8 Å². The SMILES string of the molecule is O=C(c1ccc2cc(Br)ccc2c1)N1CCCC1CCl. The van der Waals surface area contributed by atoms with Crippen LogP contribution < -0.4 is 0 Å². The van der Waals surface area contributed by atoms with Gasteiger partial charge in [-0.2, -0.15) is 0 Å². The van der Waals surface area contributed by atoms with Gasteiger partial charge in [0.25, 0.3) is 5.91 Å². The highest BCUT2D eigenvalue weighted by Gasteiger charge is 2.28. The minimum Gasteiger partial charge on any atom is -0.334 e. The Balaban J connectivity index is 1.93. The van der Waals surface area contributed by atoms with E-state index in [1.54, 1.807) is 0 Å². The number of carbonyl (C=O) groups is 1. The summed E-state index contributed by atoms with van der Waals surface area (Å²) in [6.07, 6.45) is 2.05. The van der Waals surface area contributed by atoms with Crippen molar-refractivity contribution >= 4 is 44.2 Å². The lowest BCUT2D eigenvalue weighted by Gasteiger charge is -2.23. The molecule has 1 fully saturated rings. The van der Waals surface area contributed by atoms with Gasteiger partial charge < -0.3 is 4.90 Å². The zero-order chi connectivity index (χ0) is 14.1. The summed E-state index contributed by atoms with van der Waals surface area (Å²) in [6, 6.07) is 12.1. The fourth-order valence-electron chi connectivity index (χ4n) is 2.78. The second kappa shape index (κ2) is 5.74. The third-order valence-electron chi connectivity index (χ3n) is 3.87. The van der Waals surface area contributed by atoms with Crippen molar-refractivity contribution in [2.75, 3.05) is 12.4 Å². The van der Waals surface area contributed by atoms with E-state index in [0.717, 1.165) is 40.2 Å². The van der Waals surface area contributed by atoms with E-state index in [9.17, 15) is 4.79 Å². The molecule has 0 bridgehead atoms. The van der Waals surface area contributed by atoms with Crippen LogP contribution in [0.5, 0.6) is 0 Å². The molecule has 1 heterocycles. The number of hydrogen-bond donors (Lipinski definition) is 0. The first-order chi connectivity index (χ1) is 9.69. The van der Waals surface area contributed by atoms with E-state index in [1.165, 1.54) is 0 Å². The van der Waals surface area contributed by atoms with Crippen LogP contribution in [-0.2, 0) is 0 Å². The number of benzene rings is 2. The average molecular weight is 353 g/mol. The van der Waals surface area contributed by atoms with E-state index in [0.29, 0.717) is 5.88 Å². The highest BCUT2D eigenvalue weighted by Crippen LogP contribution is 2.24. The minimum absolute atomic E-state index is 0.0953. The van der Waals surface area contributed by atoms with E-state index in [2.05, 4.69) is 22.0 Å². The number of likely N-dealkylation sites (tertiary alicyclic amines) is 1. The van der Waals surface area contributed by atoms with Crippen LogP contribution in [0, 0.1) is 0 Å². The smallest absolute Gasteiger partial charge is 0.254 e. The Bertz CT molecular complexity index is 658. The van der Waals surface area contributed by atoms with Crippen LogP contribution >= 0.6 is 27.5 Å². The van der Waals surface area contributed by atoms with Crippen LogP contribution in [0.2, 0.25) is 0 Å². The van der Waals surface area contributed by atoms with Gasteiger partial charge in [0.1, 0.15) is 0 Å². The molecular weight excluding hydrogens is 338 g/mol. The van der Waals surface area contributed by atoms with Gasteiger partial charge >= 0.3 is 0 Å². The van der Waals surface area contributed by atoms with Gasteiger partial charge in [0.2, 0.25) is 0 Å². The van der Waals surface area contributed by atoms with Gasteiger partial charge in [0.15, 0.2) is 0 Å². The number of rotatable bonds is 2. The zero-order valence-electron chi connectivity index (χ0n) is 11.0. The van der Waals surface area contributed by atoms with E-state index in [1.807, 2.05) is 35.2 Å². The molecule has 104 valence electrons. The Hall–Kier alpha value is -1.06. The Morgan fingerprint density at radius 2 is 2.00 bits per heavy atom. The molecule has 1 amide bonds. The van der Waals surface area contributed by atoms with Gasteiger partial charge in [-0.3, -0.25) is 4.79 Å². The third-order valence-corrected chi connectivity index (χ3v) is 4.71. The predicted octanol–water partition coefficient (Wildman–Crippen LogP) is 4.45. The number of amides is 1. The molecule has 1 unspecified atom stereocenters. The van der Waals surface area contributed by atoms with Crippen molar-refractivity contribution in [1.29, 1.82) is 0 Å². The van der Waals surface area contributed by atoms with Crippen molar-refractivity contribution < 1.29 is 4.79 Å². The summed E-state index contributed by atoms with van der Waals surface area (Å²) in [5, 5.41) is 2.21. The van der Waals surface area contributed by atoms with Gasteiger partial charge in [0.05, 0.1) is 0 Å². The number of halogens is 2. The van der Waals surface area contributed by atoms with Gasteiger partial charge in [-0.15, -0.1) is 11.6 Å². The van der Waals surface area contributed by atoms with E-state index in [-0.39, 0.29) is 11.9 Å². The lowest BCUT2D eigenvalue weighted by Crippen LogP contribution is -2.36. The van der Waals surface area contributed by atoms with Crippen LogP contribution in [-0.4, -0.2) is 29.3 Å². The van der Waals surface area contributed by atoms with Crippen LogP contribution in [0.4, 0.5) is 0 Å². The molecule has 4 heteroatoms. The topological polar surface area (TPSA) is 20.3 Å². The maximum atomic E-state index is 12.6. The molecule has 2 aromatic rings. The van der Waals surface area contributed by atoms with Crippen LogP contribution in [0.1, 0.15) is 23.2 Å². The Morgan fingerprint density at radius 1 is 1.25 bits per heavy atom. The first-order valence-corrected chi connectivity index (χ1v) is 8.08. The summed E-state index contributed by atoms with van der Waals surface area (Å²) in [7, 11) is 0. The van der Waals surface area contributed by atoms with Crippen molar-refractivity contribution in [3.63, 3.8) is 0 Å². The molecule has 0 spiro atoms. The summed E-state index contributed by atoms with van der Waals surface area (Å²) >= 11 is 9.41. The lowest BCUT2D eigenvalue weighted by molar-refractivity contribution is 0.0749. The monoisotopic (exact) mass is 351 g/mol. The highest BCUT2D eigenvalue weighted by molar-refractivity contribution is 9.10. The highest BCUT2D eigenvalue weighted by atomic mass is 79.9. The van der Waals surface area contributed by atoms with Crippen LogP contribution in [0.3, 0.4) is 0 Å². The van der Waals surface area contributed by atoms with Gasteiger partial charge in [0, 0.05) is 28.5 Å². The first-order valence-electron chi connectivity index (χ1n) is 6.75. The first kappa shape index (κ1) is 13.9. The van der Waals surface area contributed by atoms with Gasteiger partial charge in [-0.25, -0.2) is 0 Å². The summed E-state index contributed by atoms with van der Waals surface area (Å²) in [5.74, 6) is 0.615. The standard InChI is InChI=1S/C16H15BrClNO/c17-14-6-5-11-8-13(4-3-12(11)9-14)16(20)19-7-1-2-15(19)10-18/h3-6,8-9,15H,1-2,7,10H2. The summed E-state index contributed by atoms with van der Waals surface area (Å²) in [4.78, 5) is 14.5. The molecule has 2 aromatic carbocycles. The molecule has 0 aromatic heterocycles. The third kappa shape index (κ3) is 2.57. The lowest BCUT2D eigenvalue weighted by atomic mass is 10.1. The minimum atomic E-state index is 0.0953. The molecule has 0 radical (unpaired) electrons. The number of alkyl halides is 1. The van der Waals surface area contributed by atoms with Crippen molar-refractivity contribution in [2.24, 2.45) is 0 Å². The Morgan fingerprint density at radius 3 is 2.80 bits per heavy atom. The molecule has 3 rings (SSSR count). The largest absolute Gasteiger partial charge is 0.334 e. The van der Waals surface area contributed by atoms with Crippen molar-refractivity contribution in [3.8, 4) is 0 Å². The van der Waals surface area contributed by atoms with E-state index >= 15 is 0 Å². The molecule has 1 aliphatic heterocycles. The Labute approximate surface area is 131 Å². The zero-order valence-corrected chi connectivity index (χ0v) is 13.3. The normalized spacial score (nSPS) is 18.7. The average Bonchev–Trinajstić information content (AvgIpc) is 2.94. The quantitative estimate of drug-likeness (QED) is 0.731. The van der Waals surface area contributed by atoms with Crippen molar-refractivity contribution in [1.82, 2.24) is 4.90 Å². The number of nitrogens with zero attached hydrogens (tertiary/aromatic N) is 1. The second-order valence-corrected chi connectivity index (χ2v) is 6.38. The fourth-order valence-corrected chi connectivity index (χ4v) is 3.48. The molecule has 0 saturated carbocycles. The number of fused-ring (bicyclic) bond motifs is 1. The molecule has 2 nitrogen and oxygen atoms in total. The Kier molecular flexibility index (Phi) is 3.99. The number of carbonyl (C=O) groups excluding carboxylic acids is 1. The summed E-state index contributed by atoms with van der Waals surface area (Å²) in [6.45, 7) is 0.814. The summed E-state index contributed by atoms with van der Waals surface area (Å²) < 4.78 is 1.05. The molecule has 0 aliphatic carbocycles. The molecular formula is C16H15BrClNO. The van der Waals surface area contributed by atoms with Crippen LogP contribution in [0.15, 0.2) is 40.9 Å². The fraction of sp³-hybridized carbons (Fsp3) is 0.312. The van der Waals surface area contributed by atoms with Crippen molar-refractivity contribution in [3.05, 3.63) is 46.4 Å². The van der Waals surface area contributed by atoms with Gasteiger partial charge in [-0.05, 0) is 47.9 Å². The van der Waals surface area contributed by atoms with E-state index < -0.39 is 0 Å². The maximum Gasteiger partial charge on any atom is 0.254 e. The molecule has 20 heavy (non-hydrogen) atoms. The predicted molar refractivity (Wildman–Crippen MR) is 86.4 cm³/mol. The number of hydrogen-bond acceptors (Lipinski definition) is 1. The van der Waals surface area contributed by atoms with Crippen molar-refractivity contribution in [2.45, 2.75) is 18.9 Å². The molecule has 1 atom stereocenters. The maximum absolute atomic E-state index is 12.6. The van der Waals surface area contributed by atoms with E-state index in [4.69, 9.17) is 11.6 Å². The summed E-state index contributed by atoms with van der Waals surface area (Å²) in [5.41, 5.74) is 0.747. The molecule has 1 aliphatic rings. The second-order valence-electron chi connectivity index (χ2n) is 5.16. The van der Waals surface area contributed by atoms with Gasteiger partial charge in [-0.1, -0.05) is 28.1 Å².